The van der Waals surface area contributed by atoms with Gasteiger partial charge in [0.1, 0.15) is 5.76 Å². The number of aliphatic hydroxyl groups excluding tert-OH is 1. The fourth-order valence-electron chi connectivity index (χ4n) is 6.51. The number of aromatic nitrogens is 1. The zero-order chi connectivity index (χ0) is 33.9. The Morgan fingerprint density at radius 1 is 0.708 bits per heavy atom. The summed E-state index contributed by atoms with van der Waals surface area (Å²) >= 11 is 0. The number of carbonyl (C=O) groups excluding carboxylic acids is 1. The minimum Gasteiger partial charge on any atom is -0.511 e. The summed E-state index contributed by atoms with van der Waals surface area (Å²) in [5.74, 6) is 0.598. The van der Waals surface area contributed by atoms with E-state index in [0.717, 1.165) is 42.5 Å². The van der Waals surface area contributed by atoms with E-state index in [1.54, 1.807) is 6.08 Å². The van der Waals surface area contributed by atoms with Crippen molar-refractivity contribution in [2.45, 2.75) is 81.1 Å². The second-order valence-corrected chi connectivity index (χ2v) is 13.6. The molecule has 5 aromatic carbocycles. The number of aliphatic hydroxyl groups is 1. The molecule has 0 bridgehead atoms. The van der Waals surface area contributed by atoms with Crippen molar-refractivity contribution < 1.29 is 30.0 Å². The number of ketones is 1. The van der Waals surface area contributed by atoms with E-state index in [0.29, 0.717) is 11.5 Å². The van der Waals surface area contributed by atoms with Crippen LogP contribution in [0.4, 0.5) is 0 Å². The Kier molecular flexibility index (Phi) is 11.7. The van der Waals surface area contributed by atoms with Crippen LogP contribution in [0.15, 0.2) is 96.9 Å². The summed E-state index contributed by atoms with van der Waals surface area (Å²) in [5.41, 5.74) is 3.98. The predicted octanol–water partition coefficient (Wildman–Crippen LogP) is 12.4. The summed E-state index contributed by atoms with van der Waals surface area (Å²) in [6, 6.07) is 32.0. The molecule has 6 rings (SSSR count). The summed E-state index contributed by atoms with van der Waals surface area (Å²) in [6.45, 7) is 16.5. The molecule has 0 saturated heterocycles. The molecule has 1 heterocycles. The first-order valence-corrected chi connectivity index (χ1v) is 17.1. The van der Waals surface area contributed by atoms with E-state index >= 15 is 0 Å². The van der Waals surface area contributed by atoms with Crippen LogP contribution in [-0.2, 0) is 20.1 Å². The van der Waals surface area contributed by atoms with Crippen LogP contribution in [0.25, 0.3) is 54.3 Å². The third kappa shape index (κ3) is 7.12. The predicted molar refractivity (Wildman–Crippen MR) is 203 cm³/mol. The third-order valence-corrected chi connectivity index (χ3v) is 10.7. The maximum absolute atomic E-state index is 10.2. The molecule has 251 valence electrons. The van der Waals surface area contributed by atoms with E-state index in [4.69, 9.17) is 4.98 Å². The van der Waals surface area contributed by atoms with Gasteiger partial charge in [-0.05, 0) is 87.5 Å². The number of nitrogens with zero attached hydrogens (tertiary/aromatic N) is 1. The van der Waals surface area contributed by atoms with Crippen molar-refractivity contribution in [2.24, 2.45) is 10.8 Å². The molecule has 1 aromatic heterocycles. The molecule has 48 heavy (non-hydrogen) atoms. The monoisotopic (exact) mass is 816 g/mol. The summed E-state index contributed by atoms with van der Waals surface area (Å²) in [5, 5.41) is 20.3. The van der Waals surface area contributed by atoms with Gasteiger partial charge in [-0.3, -0.25) is 4.79 Å². The van der Waals surface area contributed by atoms with Gasteiger partial charge in [0.15, 0.2) is 0 Å². The first kappa shape index (κ1) is 37.0. The average molecular weight is 816 g/mol. The van der Waals surface area contributed by atoms with Gasteiger partial charge >= 0.3 is 5.78 Å². The number of hydrogen-bond acceptors (Lipinski definition) is 2. The maximum Gasteiger partial charge on any atom is 0.325 e. The quantitative estimate of drug-likeness (QED) is 0.0547. The van der Waals surface area contributed by atoms with Crippen molar-refractivity contribution in [1.82, 2.24) is 4.98 Å². The molecular weight excluding hydrogens is 767 g/mol. The van der Waals surface area contributed by atoms with Gasteiger partial charge in [-0.2, -0.15) is 0 Å². The Balaban J connectivity index is 0.000000251. The van der Waals surface area contributed by atoms with E-state index in [1.807, 2.05) is 20.0 Å². The Morgan fingerprint density at radius 3 is 1.81 bits per heavy atom. The van der Waals surface area contributed by atoms with E-state index in [1.165, 1.54) is 48.7 Å². The number of aryl methyl sites for hydroxylation is 2. The van der Waals surface area contributed by atoms with Crippen molar-refractivity contribution in [3.63, 3.8) is 0 Å². The van der Waals surface area contributed by atoms with Gasteiger partial charge in [-0.1, -0.05) is 109 Å². The van der Waals surface area contributed by atoms with Gasteiger partial charge in [-0.25, -0.2) is 0 Å². The fraction of sp³-hybridized carbons (Fsp3) is 0.318. The molecule has 0 spiro atoms. The smallest absolute Gasteiger partial charge is 0.325 e. The van der Waals surface area contributed by atoms with Gasteiger partial charge in [0.25, 0.3) is 0 Å². The number of fused-ring (bicyclic) bond motifs is 7. The van der Waals surface area contributed by atoms with Crippen molar-refractivity contribution >= 4 is 48.9 Å². The largest absolute Gasteiger partial charge is 0.511 e. The van der Waals surface area contributed by atoms with E-state index in [9.17, 15) is 9.90 Å². The SMILES string of the molecule is CCC(C)(CC)C(=[OH+])/C=C(\O)C(C)(CC)CC.Cc1[c-]c(-c2nccc3c2ccc2c3ccc3c4ccccc4ccc32)cc(C)c1.[Ir]. The van der Waals surface area contributed by atoms with Crippen LogP contribution in [0.5, 0.6) is 0 Å². The minimum absolute atomic E-state index is 0. The van der Waals surface area contributed by atoms with Crippen LogP contribution in [0.1, 0.15) is 78.4 Å². The standard InChI is InChI=1S/C29H20N.C15H28O2.Ir/c1-18-15-19(2)17-21(16-18)29-28-12-11-25-24-8-7-20-5-3-4-6-22(20)23(24)9-10-26(25)27(28)13-14-30-29;1-7-14(5,8-2)12(16)11-13(17)15(6,9-3)10-4;/h3-16H,1-2H3;11,16H,7-10H2,1-6H3;/q-1;;/p+1/b;12-11-;. The zero-order valence-corrected chi connectivity index (χ0v) is 32.1. The number of benzene rings is 5. The van der Waals surface area contributed by atoms with E-state index in [2.05, 4.69) is 126 Å². The number of allylic oxidation sites excluding steroid dienone is 2. The molecule has 6 aromatic rings. The summed E-state index contributed by atoms with van der Waals surface area (Å²) in [7, 11) is 0. The fourth-order valence-corrected chi connectivity index (χ4v) is 6.51. The first-order chi connectivity index (χ1) is 22.5. The Morgan fingerprint density at radius 2 is 1.23 bits per heavy atom. The maximum atomic E-state index is 10.2. The summed E-state index contributed by atoms with van der Waals surface area (Å²) in [4.78, 5) is 14.9. The molecule has 3 nitrogen and oxygen atoms in total. The topological polar surface area (TPSA) is 54.5 Å². The molecule has 4 heteroatoms. The van der Waals surface area contributed by atoms with Gasteiger partial charge in [0.2, 0.25) is 0 Å². The van der Waals surface area contributed by atoms with Crippen molar-refractivity contribution in [2.75, 3.05) is 0 Å². The van der Waals surface area contributed by atoms with Gasteiger partial charge < -0.3 is 10.1 Å². The molecule has 2 N–H and O–H groups in total. The second kappa shape index (κ2) is 15.1. The molecule has 1 radical (unpaired) electrons. The summed E-state index contributed by atoms with van der Waals surface area (Å²) < 4.78 is 0. The van der Waals surface area contributed by atoms with Crippen LogP contribution in [0.2, 0.25) is 0 Å². The molecule has 0 atom stereocenters. The first-order valence-electron chi connectivity index (χ1n) is 17.1. The molecule has 0 aliphatic carbocycles. The van der Waals surface area contributed by atoms with Crippen molar-refractivity contribution in [1.29, 1.82) is 0 Å². The van der Waals surface area contributed by atoms with Crippen LogP contribution in [0, 0.1) is 30.7 Å². The van der Waals surface area contributed by atoms with Crippen LogP contribution in [-0.4, -0.2) is 20.7 Å². The van der Waals surface area contributed by atoms with E-state index in [-0.39, 0.29) is 30.9 Å². The third-order valence-electron chi connectivity index (χ3n) is 10.7. The van der Waals surface area contributed by atoms with Crippen molar-refractivity contribution in [3.8, 4) is 11.3 Å². The van der Waals surface area contributed by atoms with Crippen LogP contribution >= 0.6 is 0 Å². The molecule has 0 aliphatic rings. The van der Waals surface area contributed by atoms with E-state index < -0.39 is 0 Å². The molecular formula is C44H49IrNO2. The Bertz CT molecular complexity index is 2100. The molecule has 0 unspecified atom stereocenters. The molecule has 0 amide bonds. The van der Waals surface area contributed by atoms with Gasteiger partial charge in [0, 0.05) is 31.7 Å². The summed E-state index contributed by atoms with van der Waals surface area (Å²) in [6.07, 6.45) is 6.97. The molecule has 0 fully saturated rings. The van der Waals surface area contributed by atoms with Gasteiger partial charge in [-0.15, -0.1) is 34.9 Å². The second-order valence-electron chi connectivity index (χ2n) is 13.6. The number of pyridine rings is 1. The molecule has 0 aliphatic heterocycles. The number of rotatable bonds is 8. The average Bonchev–Trinajstić information content (AvgIpc) is 3.09. The number of hydrogen-bond donors (Lipinski definition) is 1. The zero-order valence-electron chi connectivity index (χ0n) is 29.7. The Labute approximate surface area is 299 Å². The normalized spacial score (nSPS) is 12.2. The van der Waals surface area contributed by atoms with Crippen LogP contribution < -0.4 is 0 Å². The molecule has 0 saturated carbocycles. The van der Waals surface area contributed by atoms with Crippen molar-refractivity contribution in [3.05, 3.63) is 114 Å². The van der Waals surface area contributed by atoms with Gasteiger partial charge in [0.05, 0.1) is 11.5 Å². The van der Waals surface area contributed by atoms with Crippen LogP contribution in [0.3, 0.4) is 0 Å². The minimum atomic E-state index is -0.226. The Hall–Kier alpha value is -3.85.